The third-order valence-corrected chi connectivity index (χ3v) is 2.29. The summed E-state index contributed by atoms with van der Waals surface area (Å²) in [6.07, 6.45) is 0.744. The van der Waals surface area contributed by atoms with E-state index in [1.807, 2.05) is 0 Å². The smallest absolute Gasteiger partial charge is 0.200 e. The second-order valence-electron chi connectivity index (χ2n) is 2.95. The molecule has 1 aromatic carbocycles. The van der Waals surface area contributed by atoms with Gasteiger partial charge in [0.25, 0.3) is 0 Å². The molecule has 0 amide bonds. The molecular formula is C10H14BrNO3. The predicted octanol–water partition coefficient (Wildman–Crippen LogP) is 1.89. The maximum Gasteiger partial charge on any atom is 0.200 e. The van der Waals surface area contributed by atoms with Crippen molar-refractivity contribution in [3.05, 3.63) is 16.6 Å². The number of nitrogens with two attached hydrogens (primary N) is 1. The number of halogens is 1. The van der Waals surface area contributed by atoms with E-state index in [0.717, 1.165) is 10.9 Å². The lowest BCUT2D eigenvalue weighted by Crippen LogP contribution is -2.06. The zero-order valence-electron chi connectivity index (χ0n) is 8.50. The van der Waals surface area contributed by atoms with E-state index in [1.54, 1.807) is 12.1 Å². The van der Waals surface area contributed by atoms with Gasteiger partial charge in [0.2, 0.25) is 5.75 Å². The number of methoxy groups -OCH3 is 1. The molecule has 1 rings (SSSR count). The first-order valence-electron chi connectivity index (χ1n) is 4.58. The third-order valence-electron chi connectivity index (χ3n) is 1.83. The Morgan fingerprint density at radius 2 is 2.07 bits per heavy atom. The van der Waals surface area contributed by atoms with Gasteiger partial charge in [-0.2, -0.15) is 0 Å². The van der Waals surface area contributed by atoms with E-state index in [9.17, 15) is 5.11 Å². The Bertz CT molecular complexity index is 331. The number of hydrogen-bond donors (Lipinski definition) is 2. The summed E-state index contributed by atoms with van der Waals surface area (Å²) in [5.74, 6) is 0.791. The molecule has 4 nitrogen and oxygen atoms in total. The van der Waals surface area contributed by atoms with Crippen LogP contribution in [-0.2, 0) is 0 Å². The van der Waals surface area contributed by atoms with Crippen molar-refractivity contribution < 1.29 is 14.6 Å². The molecule has 0 saturated heterocycles. The van der Waals surface area contributed by atoms with E-state index >= 15 is 0 Å². The summed E-state index contributed by atoms with van der Waals surface area (Å²) in [5, 5.41) is 9.71. The Balaban J connectivity index is 2.81. The van der Waals surface area contributed by atoms with E-state index in [2.05, 4.69) is 15.9 Å². The van der Waals surface area contributed by atoms with Gasteiger partial charge >= 0.3 is 0 Å². The highest BCUT2D eigenvalue weighted by molar-refractivity contribution is 9.10. The molecule has 0 radical (unpaired) electrons. The van der Waals surface area contributed by atoms with Crippen molar-refractivity contribution in [1.82, 2.24) is 0 Å². The minimum Gasteiger partial charge on any atom is -0.502 e. The molecule has 0 aromatic heterocycles. The van der Waals surface area contributed by atoms with Crippen molar-refractivity contribution >= 4 is 15.9 Å². The van der Waals surface area contributed by atoms with E-state index < -0.39 is 0 Å². The van der Waals surface area contributed by atoms with Crippen LogP contribution in [-0.4, -0.2) is 25.4 Å². The van der Waals surface area contributed by atoms with Crippen LogP contribution in [0.1, 0.15) is 6.42 Å². The second-order valence-corrected chi connectivity index (χ2v) is 3.86. The molecule has 15 heavy (non-hydrogen) atoms. The lowest BCUT2D eigenvalue weighted by Gasteiger charge is -2.11. The molecule has 0 saturated carbocycles. The van der Waals surface area contributed by atoms with Crippen LogP contribution in [0.5, 0.6) is 17.2 Å². The summed E-state index contributed by atoms with van der Waals surface area (Å²) in [7, 11) is 1.49. The number of hydrogen-bond acceptors (Lipinski definition) is 4. The number of rotatable bonds is 5. The molecule has 0 aliphatic rings. The zero-order chi connectivity index (χ0) is 11.3. The van der Waals surface area contributed by atoms with Crippen LogP contribution in [0.25, 0.3) is 0 Å². The molecule has 5 heteroatoms. The van der Waals surface area contributed by atoms with Crippen LogP contribution in [0.4, 0.5) is 0 Å². The summed E-state index contributed by atoms with van der Waals surface area (Å²) >= 11 is 3.30. The van der Waals surface area contributed by atoms with Gasteiger partial charge in [0, 0.05) is 4.47 Å². The summed E-state index contributed by atoms with van der Waals surface area (Å²) in [5.41, 5.74) is 5.34. The fourth-order valence-electron chi connectivity index (χ4n) is 1.08. The fourth-order valence-corrected chi connectivity index (χ4v) is 1.50. The van der Waals surface area contributed by atoms with Crippen LogP contribution >= 0.6 is 15.9 Å². The van der Waals surface area contributed by atoms with Gasteiger partial charge in [-0.15, -0.1) is 0 Å². The average Bonchev–Trinajstić information content (AvgIpc) is 2.23. The average molecular weight is 276 g/mol. The molecule has 0 unspecified atom stereocenters. The van der Waals surface area contributed by atoms with Gasteiger partial charge in [-0.05, 0) is 25.1 Å². The topological polar surface area (TPSA) is 64.7 Å². The Kier molecular flexibility index (Phi) is 4.71. The standard InChI is InChI=1S/C10H14BrNO3/c1-14-8-5-7(11)6-9(10(8)13)15-4-2-3-12/h5-6,13H,2-4,12H2,1H3. The third kappa shape index (κ3) is 3.28. The molecule has 3 N–H and O–H groups in total. The van der Waals surface area contributed by atoms with E-state index in [4.69, 9.17) is 15.2 Å². The van der Waals surface area contributed by atoms with Gasteiger partial charge in [0.15, 0.2) is 11.5 Å². The lowest BCUT2D eigenvalue weighted by atomic mass is 10.3. The maximum absolute atomic E-state index is 9.71. The minimum absolute atomic E-state index is 0.0118. The van der Waals surface area contributed by atoms with Gasteiger partial charge in [-0.3, -0.25) is 0 Å². The lowest BCUT2D eigenvalue weighted by molar-refractivity contribution is 0.287. The van der Waals surface area contributed by atoms with Gasteiger partial charge in [0.05, 0.1) is 13.7 Å². The molecular weight excluding hydrogens is 262 g/mol. The Morgan fingerprint density at radius 1 is 1.40 bits per heavy atom. The molecule has 1 aromatic rings. The number of ether oxygens (including phenoxy) is 2. The first kappa shape index (κ1) is 12.1. The highest BCUT2D eigenvalue weighted by atomic mass is 79.9. The molecule has 0 aliphatic heterocycles. The molecule has 0 fully saturated rings. The van der Waals surface area contributed by atoms with Crippen molar-refractivity contribution in [2.75, 3.05) is 20.3 Å². The van der Waals surface area contributed by atoms with Gasteiger partial charge < -0.3 is 20.3 Å². The van der Waals surface area contributed by atoms with E-state index in [1.165, 1.54) is 7.11 Å². The van der Waals surface area contributed by atoms with Crippen molar-refractivity contribution in [2.45, 2.75) is 6.42 Å². The monoisotopic (exact) mass is 275 g/mol. The van der Waals surface area contributed by atoms with Crippen molar-refractivity contribution in [2.24, 2.45) is 5.73 Å². The van der Waals surface area contributed by atoms with Crippen LogP contribution in [0.3, 0.4) is 0 Å². The summed E-state index contributed by atoms with van der Waals surface area (Å²) in [6.45, 7) is 1.04. The summed E-state index contributed by atoms with van der Waals surface area (Å²) in [6, 6.07) is 3.36. The first-order valence-corrected chi connectivity index (χ1v) is 5.37. The Labute approximate surface area is 97.1 Å². The highest BCUT2D eigenvalue weighted by Crippen LogP contribution is 2.38. The minimum atomic E-state index is 0.0118. The SMILES string of the molecule is COc1cc(Br)cc(OCCCN)c1O. The van der Waals surface area contributed by atoms with Crippen LogP contribution in [0.15, 0.2) is 16.6 Å². The largest absolute Gasteiger partial charge is 0.502 e. The fraction of sp³-hybridized carbons (Fsp3) is 0.400. The van der Waals surface area contributed by atoms with E-state index in [0.29, 0.717) is 24.7 Å². The molecule has 0 atom stereocenters. The second kappa shape index (κ2) is 5.82. The van der Waals surface area contributed by atoms with Crippen molar-refractivity contribution in [3.8, 4) is 17.2 Å². The number of benzene rings is 1. The van der Waals surface area contributed by atoms with Crippen LogP contribution in [0.2, 0.25) is 0 Å². The van der Waals surface area contributed by atoms with E-state index in [-0.39, 0.29) is 5.75 Å². The maximum atomic E-state index is 9.71. The zero-order valence-corrected chi connectivity index (χ0v) is 10.1. The molecule has 84 valence electrons. The molecule has 0 bridgehead atoms. The number of aromatic hydroxyl groups is 1. The summed E-state index contributed by atoms with van der Waals surface area (Å²) < 4.78 is 11.1. The number of phenols is 1. The molecule has 0 heterocycles. The first-order chi connectivity index (χ1) is 7.19. The normalized spacial score (nSPS) is 10.1. The predicted molar refractivity (Wildman–Crippen MR) is 61.5 cm³/mol. The quantitative estimate of drug-likeness (QED) is 0.806. The Morgan fingerprint density at radius 3 is 2.67 bits per heavy atom. The van der Waals surface area contributed by atoms with Crippen molar-refractivity contribution in [3.63, 3.8) is 0 Å². The van der Waals surface area contributed by atoms with Gasteiger partial charge in [0.1, 0.15) is 0 Å². The number of phenolic OH excluding ortho intramolecular Hbond substituents is 1. The van der Waals surface area contributed by atoms with Crippen molar-refractivity contribution in [1.29, 1.82) is 0 Å². The van der Waals surface area contributed by atoms with Gasteiger partial charge in [-0.1, -0.05) is 15.9 Å². The molecule has 0 spiro atoms. The molecule has 0 aliphatic carbocycles. The van der Waals surface area contributed by atoms with Crippen LogP contribution < -0.4 is 15.2 Å². The Hall–Kier alpha value is -0.940. The summed E-state index contributed by atoms with van der Waals surface area (Å²) in [4.78, 5) is 0. The van der Waals surface area contributed by atoms with Crippen LogP contribution in [0, 0.1) is 0 Å². The highest BCUT2D eigenvalue weighted by Gasteiger charge is 2.10. The van der Waals surface area contributed by atoms with Gasteiger partial charge in [-0.25, -0.2) is 0 Å².